The summed E-state index contributed by atoms with van der Waals surface area (Å²) < 4.78 is 22.7. The summed E-state index contributed by atoms with van der Waals surface area (Å²) in [6, 6.07) is 4.00. The molecule has 0 fully saturated rings. The first-order valence-electron chi connectivity index (χ1n) is 6.24. The van der Waals surface area contributed by atoms with E-state index < -0.39 is 35.9 Å². The number of carbonyl (C=O) groups excluding carboxylic acids is 2. The van der Waals surface area contributed by atoms with Crippen molar-refractivity contribution in [1.29, 1.82) is 0 Å². The van der Waals surface area contributed by atoms with E-state index in [2.05, 4.69) is 10.1 Å². The van der Waals surface area contributed by atoms with Gasteiger partial charge in [-0.05, 0) is 38.1 Å². The Labute approximate surface area is 121 Å². The van der Waals surface area contributed by atoms with Crippen LogP contribution in [0, 0.1) is 5.82 Å². The molecule has 0 saturated carbocycles. The highest BCUT2D eigenvalue weighted by Crippen LogP contribution is 2.19. The Morgan fingerprint density at radius 3 is 2.38 bits per heavy atom. The number of ether oxygens (including phenoxy) is 2. The van der Waals surface area contributed by atoms with Crippen molar-refractivity contribution < 1.29 is 28.6 Å². The van der Waals surface area contributed by atoms with Gasteiger partial charge in [0.25, 0.3) is 5.91 Å². The maximum atomic E-state index is 12.8. The Hall–Kier alpha value is -2.15. The molecule has 0 aliphatic rings. The van der Waals surface area contributed by atoms with Gasteiger partial charge < -0.3 is 19.9 Å². The van der Waals surface area contributed by atoms with E-state index in [9.17, 15) is 14.0 Å². The first kappa shape index (κ1) is 16.9. The lowest BCUT2D eigenvalue weighted by molar-refractivity contribution is -0.148. The number of nitrogens with one attached hydrogen (secondary N) is 1. The Balaban J connectivity index is 2.74. The van der Waals surface area contributed by atoms with Gasteiger partial charge in [-0.1, -0.05) is 0 Å². The van der Waals surface area contributed by atoms with Gasteiger partial charge >= 0.3 is 5.97 Å². The molecule has 0 aliphatic carbocycles. The number of hydrogen-bond acceptors (Lipinski definition) is 5. The maximum Gasteiger partial charge on any atom is 0.330 e. The lowest BCUT2D eigenvalue weighted by atomic mass is 10.1. The summed E-state index contributed by atoms with van der Waals surface area (Å²) in [7, 11) is 1.15. The normalized spacial score (nSPS) is 12.4. The van der Waals surface area contributed by atoms with Crippen LogP contribution >= 0.6 is 0 Å². The minimum Gasteiger partial charge on any atom is -0.478 e. The van der Waals surface area contributed by atoms with Gasteiger partial charge in [0, 0.05) is 0 Å². The Morgan fingerprint density at radius 1 is 1.33 bits per heavy atom. The molecule has 1 atom stereocenters. The molecule has 1 aromatic rings. The van der Waals surface area contributed by atoms with Gasteiger partial charge in [0.15, 0.2) is 11.6 Å². The SMILES string of the molecule is COC(=O)C(CO)NC(=O)C(C)(C)Oc1ccc(F)cc1. The lowest BCUT2D eigenvalue weighted by Gasteiger charge is -2.27. The molecule has 2 N–H and O–H groups in total. The van der Waals surface area contributed by atoms with E-state index in [0.29, 0.717) is 5.75 Å². The third-order valence-electron chi connectivity index (χ3n) is 2.71. The highest BCUT2D eigenvalue weighted by atomic mass is 19.1. The number of benzene rings is 1. The average Bonchev–Trinajstić information content (AvgIpc) is 2.45. The summed E-state index contributed by atoms with van der Waals surface area (Å²) in [6.45, 7) is 2.37. The molecule has 1 aromatic carbocycles. The number of halogens is 1. The molecule has 21 heavy (non-hydrogen) atoms. The molecule has 0 saturated heterocycles. The summed E-state index contributed by atoms with van der Waals surface area (Å²) in [4.78, 5) is 23.4. The predicted octanol–water partition coefficient (Wildman–Crippen LogP) is 0.633. The Kier molecular flexibility index (Phi) is 5.66. The van der Waals surface area contributed by atoms with Crippen LogP contribution in [0.2, 0.25) is 0 Å². The largest absolute Gasteiger partial charge is 0.478 e. The third-order valence-corrected chi connectivity index (χ3v) is 2.71. The number of carbonyl (C=O) groups is 2. The monoisotopic (exact) mass is 299 g/mol. The van der Waals surface area contributed by atoms with Crippen LogP contribution < -0.4 is 10.1 Å². The Bertz CT molecular complexity index is 501. The molecule has 0 aromatic heterocycles. The van der Waals surface area contributed by atoms with Gasteiger partial charge in [0.2, 0.25) is 0 Å². The maximum absolute atomic E-state index is 12.8. The van der Waals surface area contributed by atoms with E-state index in [1.54, 1.807) is 0 Å². The number of amides is 1. The van der Waals surface area contributed by atoms with Crippen LogP contribution in [0.4, 0.5) is 4.39 Å². The number of hydrogen-bond donors (Lipinski definition) is 2. The summed E-state index contributed by atoms with van der Waals surface area (Å²) in [6.07, 6.45) is 0. The number of aliphatic hydroxyl groups excluding tert-OH is 1. The summed E-state index contributed by atoms with van der Waals surface area (Å²) in [5.74, 6) is -1.49. The predicted molar refractivity (Wildman–Crippen MR) is 72.1 cm³/mol. The topological polar surface area (TPSA) is 84.9 Å². The van der Waals surface area contributed by atoms with Crippen molar-refractivity contribution >= 4 is 11.9 Å². The molecule has 1 rings (SSSR count). The van der Waals surface area contributed by atoms with Crippen molar-refractivity contribution in [3.8, 4) is 5.75 Å². The number of esters is 1. The number of aliphatic hydroxyl groups is 1. The van der Waals surface area contributed by atoms with Crippen LogP contribution in [0.15, 0.2) is 24.3 Å². The van der Waals surface area contributed by atoms with Crippen LogP contribution in [-0.4, -0.2) is 42.3 Å². The van der Waals surface area contributed by atoms with Gasteiger partial charge in [0.05, 0.1) is 13.7 Å². The third kappa shape index (κ3) is 4.71. The molecule has 116 valence electrons. The minimum absolute atomic E-state index is 0.301. The summed E-state index contributed by atoms with van der Waals surface area (Å²) in [5, 5.41) is 11.4. The van der Waals surface area contributed by atoms with Crippen LogP contribution in [-0.2, 0) is 14.3 Å². The van der Waals surface area contributed by atoms with Crippen LogP contribution in [0.3, 0.4) is 0 Å². The number of rotatable bonds is 6. The lowest BCUT2D eigenvalue weighted by Crippen LogP contribution is -2.53. The molecule has 0 heterocycles. The van der Waals surface area contributed by atoms with Gasteiger partial charge in [-0.15, -0.1) is 0 Å². The van der Waals surface area contributed by atoms with Crippen molar-refractivity contribution in [3.63, 3.8) is 0 Å². The highest BCUT2D eigenvalue weighted by Gasteiger charge is 2.33. The van der Waals surface area contributed by atoms with E-state index >= 15 is 0 Å². The summed E-state index contributed by atoms with van der Waals surface area (Å²) in [5.41, 5.74) is -1.32. The van der Waals surface area contributed by atoms with Crippen molar-refractivity contribution in [3.05, 3.63) is 30.1 Å². The van der Waals surface area contributed by atoms with E-state index in [4.69, 9.17) is 9.84 Å². The number of methoxy groups -OCH3 is 1. The second-order valence-electron chi connectivity index (χ2n) is 4.80. The first-order chi connectivity index (χ1) is 9.80. The van der Waals surface area contributed by atoms with Gasteiger partial charge in [-0.3, -0.25) is 4.79 Å². The molecule has 0 spiro atoms. The van der Waals surface area contributed by atoms with Crippen molar-refractivity contribution in [2.45, 2.75) is 25.5 Å². The zero-order chi connectivity index (χ0) is 16.0. The molecule has 1 unspecified atom stereocenters. The zero-order valence-electron chi connectivity index (χ0n) is 12.1. The van der Waals surface area contributed by atoms with Crippen molar-refractivity contribution in [1.82, 2.24) is 5.32 Å². The quantitative estimate of drug-likeness (QED) is 0.753. The van der Waals surface area contributed by atoms with Crippen LogP contribution in [0.25, 0.3) is 0 Å². The molecule has 0 bridgehead atoms. The van der Waals surface area contributed by atoms with E-state index in [-0.39, 0.29) is 0 Å². The fraction of sp³-hybridized carbons (Fsp3) is 0.429. The summed E-state index contributed by atoms with van der Waals surface area (Å²) >= 11 is 0. The van der Waals surface area contributed by atoms with Gasteiger partial charge in [-0.2, -0.15) is 0 Å². The van der Waals surface area contributed by atoms with E-state index in [1.807, 2.05) is 0 Å². The van der Waals surface area contributed by atoms with Gasteiger partial charge in [0.1, 0.15) is 11.6 Å². The highest BCUT2D eigenvalue weighted by molar-refractivity contribution is 5.89. The van der Waals surface area contributed by atoms with E-state index in [1.165, 1.54) is 38.1 Å². The molecule has 1 amide bonds. The molecule has 6 nitrogen and oxygen atoms in total. The molecular weight excluding hydrogens is 281 g/mol. The fourth-order valence-corrected chi connectivity index (χ4v) is 1.50. The smallest absolute Gasteiger partial charge is 0.330 e. The second-order valence-corrected chi connectivity index (χ2v) is 4.80. The standard InChI is InChI=1S/C14H18FNO5/c1-14(2,21-10-6-4-9(15)5-7-10)13(19)16-11(8-17)12(18)20-3/h4-7,11,17H,8H2,1-3H3,(H,16,19). The van der Waals surface area contributed by atoms with E-state index in [0.717, 1.165) is 7.11 Å². The molecule has 0 aliphatic heterocycles. The van der Waals surface area contributed by atoms with Crippen molar-refractivity contribution in [2.75, 3.05) is 13.7 Å². The average molecular weight is 299 g/mol. The van der Waals surface area contributed by atoms with Gasteiger partial charge in [-0.25, -0.2) is 9.18 Å². The molecule has 7 heteroatoms. The minimum atomic E-state index is -1.32. The molecule has 0 radical (unpaired) electrons. The van der Waals surface area contributed by atoms with Crippen LogP contribution in [0.5, 0.6) is 5.75 Å². The van der Waals surface area contributed by atoms with Crippen LogP contribution in [0.1, 0.15) is 13.8 Å². The Morgan fingerprint density at radius 2 is 1.90 bits per heavy atom. The first-order valence-corrected chi connectivity index (χ1v) is 6.24. The fourth-order valence-electron chi connectivity index (χ4n) is 1.50. The van der Waals surface area contributed by atoms with Crippen molar-refractivity contribution in [2.24, 2.45) is 0 Å². The second kappa shape index (κ2) is 7.03. The molecular formula is C14H18FNO5. The zero-order valence-corrected chi connectivity index (χ0v) is 12.1.